The van der Waals surface area contributed by atoms with Gasteiger partial charge in [-0.2, -0.15) is 0 Å². The monoisotopic (exact) mass is 262 g/mol. The van der Waals surface area contributed by atoms with Gasteiger partial charge in [-0.25, -0.2) is 0 Å². The summed E-state index contributed by atoms with van der Waals surface area (Å²) in [5.41, 5.74) is 7.68. The van der Waals surface area contributed by atoms with Crippen molar-refractivity contribution in [3.63, 3.8) is 0 Å². The lowest BCUT2D eigenvalue weighted by Crippen LogP contribution is -2.27. The van der Waals surface area contributed by atoms with Crippen LogP contribution in [0.1, 0.15) is 37.5 Å². The number of hydrogen-bond donors (Lipinski definition) is 2. The summed E-state index contributed by atoms with van der Waals surface area (Å²) in [6, 6.07) is 7.98. The van der Waals surface area contributed by atoms with Crippen LogP contribution in [-0.4, -0.2) is 29.6 Å². The van der Waals surface area contributed by atoms with Crippen LogP contribution in [0.25, 0.3) is 0 Å². The lowest BCUT2D eigenvalue weighted by atomic mass is 9.95. The van der Waals surface area contributed by atoms with Gasteiger partial charge in [0.25, 0.3) is 0 Å². The van der Waals surface area contributed by atoms with Crippen LogP contribution < -0.4 is 5.73 Å². The Balaban J connectivity index is 1.88. The summed E-state index contributed by atoms with van der Waals surface area (Å²) in [7, 11) is 0. The Hall–Kier alpha value is -0.900. The Labute approximate surface area is 116 Å². The van der Waals surface area contributed by atoms with E-state index in [0.717, 1.165) is 42.6 Å². The predicted molar refractivity (Wildman–Crippen MR) is 78.7 cm³/mol. The van der Waals surface area contributed by atoms with Crippen molar-refractivity contribution in [3.05, 3.63) is 35.4 Å². The van der Waals surface area contributed by atoms with Gasteiger partial charge in [0.2, 0.25) is 0 Å². The van der Waals surface area contributed by atoms with Crippen LogP contribution in [0.5, 0.6) is 0 Å². The van der Waals surface area contributed by atoms with E-state index in [1.54, 1.807) is 0 Å². The van der Waals surface area contributed by atoms with Crippen molar-refractivity contribution >= 4 is 0 Å². The summed E-state index contributed by atoms with van der Waals surface area (Å²) >= 11 is 0. The van der Waals surface area contributed by atoms with Crippen LogP contribution in [-0.2, 0) is 6.54 Å². The Kier molecular flexibility index (Phi) is 4.97. The molecule has 0 radical (unpaired) electrons. The third-order valence-electron chi connectivity index (χ3n) is 4.28. The molecule has 0 bridgehead atoms. The Morgan fingerprint density at radius 1 is 1.32 bits per heavy atom. The first-order chi connectivity index (χ1) is 9.10. The topological polar surface area (TPSA) is 49.5 Å². The second-order valence-corrected chi connectivity index (χ2v) is 6.01. The molecule has 1 aliphatic heterocycles. The maximum Gasteiger partial charge on any atom is 0.0916 e. The molecule has 106 valence electrons. The molecule has 1 aliphatic rings. The molecule has 1 heterocycles. The summed E-state index contributed by atoms with van der Waals surface area (Å²) in [6.45, 7) is 8.10. The van der Waals surface area contributed by atoms with Gasteiger partial charge < -0.3 is 15.7 Å². The second kappa shape index (κ2) is 6.51. The molecular weight excluding hydrogens is 236 g/mol. The molecule has 3 nitrogen and oxygen atoms in total. The minimum atomic E-state index is -0.391. The summed E-state index contributed by atoms with van der Waals surface area (Å²) in [4.78, 5) is 2.38. The number of hydrogen-bond acceptors (Lipinski definition) is 3. The highest BCUT2D eigenvalue weighted by molar-refractivity contribution is 5.24. The van der Waals surface area contributed by atoms with Crippen LogP contribution >= 0.6 is 0 Å². The van der Waals surface area contributed by atoms with Crippen LogP contribution in [0.4, 0.5) is 0 Å². The molecule has 0 amide bonds. The molecule has 1 saturated heterocycles. The van der Waals surface area contributed by atoms with Crippen molar-refractivity contribution in [1.29, 1.82) is 0 Å². The minimum Gasteiger partial charge on any atom is -0.387 e. The Morgan fingerprint density at radius 3 is 2.53 bits per heavy atom. The molecule has 2 rings (SSSR count). The molecule has 2 unspecified atom stereocenters. The van der Waals surface area contributed by atoms with Crippen molar-refractivity contribution in [2.24, 2.45) is 17.6 Å². The molecule has 1 fully saturated rings. The highest BCUT2D eigenvalue weighted by Gasteiger charge is 2.26. The predicted octanol–water partition coefficient (Wildman–Crippen LogP) is 2.16. The van der Waals surface area contributed by atoms with E-state index < -0.39 is 6.10 Å². The molecule has 2 atom stereocenters. The van der Waals surface area contributed by atoms with Gasteiger partial charge >= 0.3 is 0 Å². The lowest BCUT2D eigenvalue weighted by molar-refractivity contribution is 0.123. The van der Waals surface area contributed by atoms with Gasteiger partial charge in [-0.15, -0.1) is 0 Å². The molecule has 3 N–H and O–H groups in total. The van der Waals surface area contributed by atoms with Gasteiger partial charge in [0.05, 0.1) is 6.10 Å². The first-order valence-electron chi connectivity index (χ1n) is 7.29. The molecular formula is C16H26N2O. The third-order valence-corrected chi connectivity index (χ3v) is 4.28. The van der Waals surface area contributed by atoms with Crippen LogP contribution in [0.2, 0.25) is 0 Å². The van der Waals surface area contributed by atoms with Crippen molar-refractivity contribution in [3.8, 4) is 0 Å². The zero-order chi connectivity index (χ0) is 13.8. The van der Waals surface area contributed by atoms with Crippen LogP contribution in [0.15, 0.2) is 24.3 Å². The molecule has 3 heteroatoms. The third kappa shape index (κ3) is 3.78. The number of benzene rings is 1. The van der Waals surface area contributed by atoms with Crippen molar-refractivity contribution in [2.75, 3.05) is 19.6 Å². The normalized spacial score (nSPS) is 22.1. The van der Waals surface area contributed by atoms with E-state index in [9.17, 15) is 5.11 Å². The molecule has 0 spiro atoms. The van der Waals surface area contributed by atoms with Gasteiger partial charge in [-0.3, -0.25) is 0 Å². The minimum absolute atomic E-state index is 0.391. The fourth-order valence-electron chi connectivity index (χ4n) is 2.80. The highest BCUT2D eigenvalue weighted by atomic mass is 16.3. The standard InChI is InChI=1S/C16H26N2O/c1-12(2)15-7-8-18(10-15)11-16(19)14-5-3-13(9-17)4-6-14/h3-6,12,15-16,19H,7-11,17H2,1-2H3. The number of aliphatic hydroxyl groups is 1. The van der Waals surface area contributed by atoms with Crippen LogP contribution in [0.3, 0.4) is 0 Å². The van der Waals surface area contributed by atoms with E-state index >= 15 is 0 Å². The van der Waals surface area contributed by atoms with E-state index in [2.05, 4.69) is 18.7 Å². The summed E-state index contributed by atoms with van der Waals surface area (Å²) < 4.78 is 0. The van der Waals surface area contributed by atoms with Crippen molar-refractivity contribution in [1.82, 2.24) is 4.90 Å². The van der Waals surface area contributed by atoms with E-state index in [1.807, 2.05) is 24.3 Å². The van der Waals surface area contributed by atoms with E-state index in [1.165, 1.54) is 6.42 Å². The molecule has 1 aromatic carbocycles. The summed E-state index contributed by atoms with van der Waals surface area (Å²) in [5.74, 6) is 1.53. The number of likely N-dealkylation sites (tertiary alicyclic amines) is 1. The highest BCUT2D eigenvalue weighted by Crippen LogP contribution is 2.25. The average Bonchev–Trinajstić information content (AvgIpc) is 2.87. The molecule has 19 heavy (non-hydrogen) atoms. The van der Waals surface area contributed by atoms with E-state index in [-0.39, 0.29) is 0 Å². The number of nitrogens with zero attached hydrogens (tertiary/aromatic N) is 1. The second-order valence-electron chi connectivity index (χ2n) is 6.01. The number of nitrogens with two attached hydrogens (primary N) is 1. The van der Waals surface area contributed by atoms with Gasteiger partial charge in [-0.05, 0) is 35.9 Å². The van der Waals surface area contributed by atoms with Crippen LogP contribution in [0, 0.1) is 11.8 Å². The van der Waals surface area contributed by atoms with E-state index in [4.69, 9.17) is 5.73 Å². The van der Waals surface area contributed by atoms with Crippen molar-refractivity contribution in [2.45, 2.75) is 32.9 Å². The number of aliphatic hydroxyl groups excluding tert-OH is 1. The Morgan fingerprint density at radius 2 is 2.00 bits per heavy atom. The molecule has 1 aromatic rings. The van der Waals surface area contributed by atoms with Gasteiger partial charge in [0, 0.05) is 19.6 Å². The van der Waals surface area contributed by atoms with E-state index in [0.29, 0.717) is 6.54 Å². The fraction of sp³-hybridized carbons (Fsp3) is 0.625. The smallest absolute Gasteiger partial charge is 0.0916 e. The van der Waals surface area contributed by atoms with Gasteiger partial charge in [0.15, 0.2) is 0 Å². The Bertz CT molecular complexity index is 388. The average molecular weight is 262 g/mol. The quantitative estimate of drug-likeness (QED) is 0.855. The molecule has 0 aliphatic carbocycles. The zero-order valence-corrected chi connectivity index (χ0v) is 12.0. The summed E-state index contributed by atoms with van der Waals surface area (Å²) in [6.07, 6.45) is 0.869. The lowest BCUT2D eigenvalue weighted by Gasteiger charge is -2.21. The molecule has 0 aromatic heterocycles. The zero-order valence-electron chi connectivity index (χ0n) is 12.0. The fourth-order valence-corrected chi connectivity index (χ4v) is 2.80. The number of rotatable bonds is 5. The first kappa shape index (κ1) is 14.5. The maximum atomic E-state index is 10.3. The summed E-state index contributed by atoms with van der Waals surface area (Å²) in [5, 5.41) is 10.3. The molecule has 0 saturated carbocycles. The van der Waals surface area contributed by atoms with Gasteiger partial charge in [0.1, 0.15) is 0 Å². The van der Waals surface area contributed by atoms with Crippen molar-refractivity contribution < 1.29 is 5.11 Å². The first-order valence-corrected chi connectivity index (χ1v) is 7.29. The van der Waals surface area contributed by atoms with Gasteiger partial charge in [-0.1, -0.05) is 38.1 Å². The largest absolute Gasteiger partial charge is 0.387 e. The SMILES string of the molecule is CC(C)C1CCN(CC(O)c2ccc(CN)cc2)C1. The maximum absolute atomic E-state index is 10.3. The number of β-amino-alcohol motifs (C(OH)–C–C–N with tert-alkyl or cyclic N) is 1.